The summed E-state index contributed by atoms with van der Waals surface area (Å²) in [7, 11) is 0.969. The lowest BCUT2D eigenvalue weighted by atomic mass is 9.92. The summed E-state index contributed by atoms with van der Waals surface area (Å²) in [6.07, 6.45) is -6.58. The molecule has 4 unspecified atom stereocenters. The number of carbonyl (C=O) groups is 2. The van der Waals surface area contributed by atoms with Crippen molar-refractivity contribution in [2.24, 2.45) is 0 Å². The lowest BCUT2D eigenvalue weighted by Crippen LogP contribution is -2.57. The second-order valence-electron chi connectivity index (χ2n) is 3.33. The van der Waals surface area contributed by atoms with Crippen LogP contribution >= 0.6 is 0 Å². The van der Waals surface area contributed by atoms with Crippen molar-refractivity contribution in [3.05, 3.63) is 0 Å². The maximum Gasteiger partial charge on any atom is 0.338 e. The quantitative estimate of drug-likeness (QED) is 0.345. The van der Waals surface area contributed by atoms with E-state index in [1.54, 1.807) is 0 Å². The van der Waals surface area contributed by atoms with E-state index in [2.05, 4.69) is 4.74 Å². The maximum absolute atomic E-state index is 10.8. The van der Waals surface area contributed by atoms with Gasteiger partial charge in [0.1, 0.15) is 12.2 Å². The van der Waals surface area contributed by atoms with E-state index >= 15 is 0 Å². The van der Waals surface area contributed by atoms with E-state index in [0.29, 0.717) is 0 Å². The van der Waals surface area contributed by atoms with Crippen LogP contribution in [0.1, 0.15) is 6.92 Å². The fourth-order valence-electron chi connectivity index (χ4n) is 0.979. The Bertz CT molecular complexity index is 277. The van der Waals surface area contributed by atoms with Gasteiger partial charge < -0.3 is 30.3 Å². The summed E-state index contributed by atoms with van der Waals surface area (Å²) in [5.41, 5.74) is -2.21. The molecule has 0 aliphatic carbocycles. The van der Waals surface area contributed by atoms with Gasteiger partial charge in [0.15, 0.2) is 11.7 Å². The van der Waals surface area contributed by atoms with Crippen molar-refractivity contribution in [3.63, 3.8) is 0 Å². The van der Waals surface area contributed by atoms with Gasteiger partial charge in [-0.2, -0.15) is 0 Å². The number of aliphatic hydroxyl groups excluding tert-OH is 3. The van der Waals surface area contributed by atoms with E-state index in [9.17, 15) is 19.8 Å². The molecule has 0 saturated carbocycles. The highest BCUT2D eigenvalue weighted by Gasteiger charge is 2.48. The average molecular weight is 238 g/mol. The first-order valence-electron chi connectivity index (χ1n) is 4.24. The maximum atomic E-state index is 10.8. The van der Waals surface area contributed by atoms with E-state index in [-0.39, 0.29) is 0 Å². The molecule has 0 aliphatic rings. The fraction of sp³-hybridized carbons (Fsp3) is 0.750. The number of methoxy groups -OCH3 is 1. The van der Waals surface area contributed by atoms with Gasteiger partial charge in [0, 0.05) is 7.11 Å². The number of hydrogen-bond donors (Lipinski definition) is 5. The van der Waals surface area contributed by atoms with Crippen LogP contribution in [-0.2, 0) is 14.3 Å². The van der Waals surface area contributed by atoms with Crippen LogP contribution in [-0.4, -0.2) is 68.5 Å². The highest BCUT2D eigenvalue weighted by molar-refractivity contribution is 5.78. The van der Waals surface area contributed by atoms with E-state index in [0.717, 1.165) is 14.0 Å². The summed E-state index contributed by atoms with van der Waals surface area (Å²) in [5, 5.41) is 44.8. The molecule has 0 amide bonds. The highest BCUT2D eigenvalue weighted by atomic mass is 16.5. The number of carboxylic acids is 2. The van der Waals surface area contributed by atoms with Crippen LogP contribution < -0.4 is 0 Å². The molecule has 16 heavy (non-hydrogen) atoms. The monoisotopic (exact) mass is 238 g/mol. The van der Waals surface area contributed by atoms with Gasteiger partial charge in [0.2, 0.25) is 0 Å². The molecule has 8 nitrogen and oxygen atoms in total. The molecule has 0 aromatic heterocycles. The van der Waals surface area contributed by atoms with Crippen molar-refractivity contribution < 1.29 is 39.9 Å². The van der Waals surface area contributed by atoms with Crippen LogP contribution in [0.2, 0.25) is 0 Å². The summed E-state index contributed by atoms with van der Waals surface area (Å²) >= 11 is 0. The number of hydrogen-bond acceptors (Lipinski definition) is 6. The van der Waals surface area contributed by atoms with Crippen molar-refractivity contribution in [2.75, 3.05) is 7.11 Å². The Morgan fingerprint density at radius 3 is 1.88 bits per heavy atom. The Morgan fingerprint density at radius 2 is 1.62 bits per heavy atom. The molecule has 0 aromatic rings. The molecule has 0 fully saturated rings. The van der Waals surface area contributed by atoms with E-state index in [1.165, 1.54) is 0 Å². The molecule has 0 heterocycles. The predicted molar refractivity (Wildman–Crippen MR) is 48.7 cm³/mol. The number of rotatable bonds is 6. The van der Waals surface area contributed by atoms with Crippen LogP contribution in [0.4, 0.5) is 0 Å². The SMILES string of the molecule is COC(C)(C(=O)O)C(O)C(O)C(O)C(=O)O. The van der Waals surface area contributed by atoms with Crippen LogP contribution in [0.3, 0.4) is 0 Å². The molecule has 0 radical (unpaired) electrons. The van der Waals surface area contributed by atoms with Crippen LogP contribution in [0.5, 0.6) is 0 Å². The summed E-state index contributed by atoms with van der Waals surface area (Å²) < 4.78 is 4.50. The first kappa shape index (κ1) is 14.8. The minimum absolute atomic E-state index is 0.942. The summed E-state index contributed by atoms with van der Waals surface area (Å²) in [6.45, 7) is 0.942. The molecule has 0 saturated heterocycles. The molecule has 5 N–H and O–H groups in total. The van der Waals surface area contributed by atoms with Crippen molar-refractivity contribution >= 4 is 11.9 Å². The third kappa shape index (κ3) is 2.67. The molecular weight excluding hydrogens is 224 g/mol. The number of aliphatic hydroxyl groups is 3. The van der Waals surface area contributed by atoms with Gasteiger partial charge in [0.25, 0.3) is 0 Å². The van der Waals surface area contributed by atoms with Crippen molar-refractivity contribution in [3.8, 4) is 0 Å². The summed E-state index contributed by atoms with van der Waals surface area (Å²) in [5.74, 6) is -3.38. The second-order valence-corrected chi connectivity index (χ2v) is 3.33. The van der Waals surface area contributed by atoms with Gasteiger partial charge in [-0.15, -0.1) is 0 Å². The van der Waals surface area contributed by atoms with Crippen LogP contribution in [0.15, 0.2) is 0 Å². The van der Waals surface area contributed by atoms with E-state index in [1.807, 2.05) is 0 Å². The summed E-state index contributed by atoms with van der Waals surface area (Å²) in [4.78, 5) is 21.1. The minimum atomic E-state index is -2.30. The highest BCUT2D eigenvalue weighted by Crippen LogP contribution is 2.20. The Balaban J connectivity index is 4.96. The predicted octanol–water partition coefficient (Wildman–Crippen LogP) is -2.36. The normalized spacial score (nSPS) is 20.6. The van der Waals surface area contributed by atoms with Crippen molar-refractivity contribution in [1.82, 2.24) is 0 Å². The number of ether oxygens (including phenoxy) is 1. The first-order chi connectivity index (χ1) is 7.18. The lowest BCUT2D eigenvalue weighted by molar-refractivity contribution is -0.196. The number of aliphatic carboxylic acids is 2. The zero-order valence-electron chi connectivity index (χ0n) is 8.69. The molecule has 0 spiro atoms. The molecule has 0 aliphatic heterocycles. The Kier molecular flexibility index (Phi) is 4.81. The topological polar surface area (TPSA) is 145 Å². The molecule has 0 bridgehead atoms. The van der Waals surface area contributed by atoms with Gasteiger partial charge in [-0.05, 0) is 6.92 Å². The molecule has 0 rings (SSSR count). The fourth-order valence-corrected chi connectivity index (χ4v) is 0.979. The third-order valence-corrected chi connectivity index (χ3v) is 2.31. The van der Waals surface area contributed by atoms with Gasteiger partial charge in [-0.25, -0.2) is 9.59 Å². The zero-order chi connectivity index (χ0) is 13.1. The minimum Gasteiger partial charge on any atom is -0.479 e. The first-order valence-corrected chi connectivity index (χ1v) is 4.24. The standard InChI is InChI=1S/C8H14O8/c1-8(16-2,7(14)15)5(11)3(9)4(10)6(12)13/h3-5,9-11H,1-2H3,(H,12,13)(H,14,15). The average Bonchev–Trinajstić information content (AvgIpc) is 2.24. The van der Waals surface area contributed by atoms with E-state index < -0.39 is 35.9 Å². The van der Waals surface area contributed by atoms with E-state index in [4.69, 9.17) is 15.3 Å². The third-order valence-electron chi connectivity index (χ3n) is 2.31. The smallest absolute Gasteiger partial charge is 0.338 e. The zero-order valence-corrected chi connectivity index (χ0v) is 8.69. The Morgan fingerprint density at radius 1 is 1.19 bits per heavy atom. The van der Waals surface area contributed by atoms with Gasteiger partial charge >= 0.3 is 11.9 Å². The van der Waals surface area contributed by atoms with Crippen molar-refractivity contribution in [2.45, 2.75) is 30.8 Å². The van der Waals surface area contributed by atoms with Gasteiger partial charge in [-0.3, -0.25) is 0 Å². The molecule has 0 aromatic carbocycles. The largest absolute Gasteiger partial charge is 0.479 e. The molecule has 4 atom stereocenters. The Labute approximate surface area is 90.7 Å². The van der Waals surface area contributed by atoms with Crippen molar-refractivity contribution in [1.29, 1.82) is 0 Å². The molecular formula is C8H14O8. The van der Waals surface area contributed by atoms with Gasteiger partial charge in [0.05, 0.1) is 0 Å². The Hall–Kier alpha value is -1.22. The van der Waals surface area contributed by atoms with Crippen LogP contribution in [0.25, 0.3) is 0 Å². The second kappa shape index (κ2) is 5.21. The summed E-state index contributed by atoms with van der Waals surface area (Å²) in [6, 6.07) is 0. The number of carboxylic acid groups (broad SMARTS) is 2. The van der Waals surface area contributed by atoms with Gasteiger partial charge in [-0.1, -0.05) is 0 Å². The molecule has 8 heteroatoms. The lowest BCUT2D eigenvalue weighted by Gasteiger charge is -2.32. The van der Waals surface area contributed by atoms with Crippen LogP contribution in [0, 0.1) is 0 Å². The molecule has 94 valence electrons.